The number of hydrogen-bond acceptors (Lipinski definition) is 3. The van der Waals surface area contributed by atoms with E-state index >= 15 is 0 Å². The summed E-state index contributed by atoms with van der Waals surface area (Å²) >= 11 is 1.75. The molecule has 0 fully saturated rings. The highest BCUT2D eigenvalue weighted by Crippen LogP contribution is 2.26. The third-order valence-corrected chi connectivity index (χ3v) is 4.22. The number of carbonyl (C=O) groups excluding carboxylic acids is 1. The van der Waals surface area contributed by atoms with E-state index in [1.54, 1.807) is 18.4 Å². The lowest BCUT2D eigenvalue weighted by molar-refractivity contribution is 0.249. The SMILES string of the molecule is COc1ccc(NC(=O)NC(C)c2cc(C)sc2C)cc1. The molecule has 1 aromatic heterocycles. The summed E-state index contributed by atoms with van der Waals surface area (Å²) in [4.78, 5) is 14.5. The Labute approximate surface area is 129 Å². The summed E-state index contributed by atoms with van der Waals surface area (Å²) in [6.07, 6.45) is 0. The third-order valence-electron chi connectivity index (χ3n) is 3.24. The monoisotopic (exact) mass is 304 g/mol. The molecule has 2 aromatic rings. The van der Waals surface area contributed by atoms with Gasteiger partial charge in [-0.3, -0.25) is 0 Å². The van der Waals surface area contributed by atoms with Crippen molar-refractivity contribution in [2.45, 2.75) is 26.8 Å². The minimum absolute atomic E-state index is 0.0202. The van der Waals surface area contributed by atoms with Crippen LogP contribution < -0.4 is 15.4 Å². The van der Waals surface area contributed by atoms with E-state index in [0.717, 1.165) is 11.4 Å². The fourth-order valence-corrected chi connectivity index (χ4v) is 3.22. The molecule has 2 rings (SSSR count). The van der Waals surface area contributed by atoms with Crippen molar-refractivity contribution in [3.05, 3.63) is 45.6 Å². The first-order chi connectivity index (χ1) is 9.99. The molecule has 4 nitrogen and oxygen atoms in total. The highest BCUT2D eigenvalue weighted by Gasteiger charge is 2.13. The first kappa shape index (κ1) is 15.4. The Balaban J connectivity index is 1.96. The minimum atomic E-state index is -0.212. The van der Waals surface area contributed by atoms with Gasteiger partial charge in [0.2, 0.25) is 0 Å². The molecule has 0 saturated heterocycles. The standard InChI is InChI=1S/C16H20N2O2S/c1-10-9-15(12(3)21-10)11(2)17-16(19)18-13-5-7-14(20-4)8-6-13/h5-9,11H,1-4H3,(H2,17,18,19). The summed E-state index contributed by atoms with van der Waals surface area (Å²) in [6, 6.07) is 9.13. The maximum atomic E-state index is 12.0. The molecule has 0 aliphatic heterocycles. The molecule has 0 spiro atoms. The van der Waals surface area contributed by atoms with E-state index < -0.39 is 0 Å². The van der Waals surface area contributed by atoms with Crippen LogP contribution in [-0.2, 0) is 0 Å². The predicted molar refractivity (Wildman–Crippen MR) is 87.4 cm³/mol. The quantitative estimate of drug-likeness (QED) is 0.887. The number of carbonyl (C=O) groups is 1. The van der Waals surface area contributed by atoms with Crippen molar-refractivity contribution in [1.29, 1.82) is 0 Å². The number of benzene rings is 1. The minimum Gasteiger partial charge on any atom is -0.497 e. The van der Waals surface area contributed by atoms with Gasteiger partial charge in [0.25, 0.3) is 0 Å². The van der Waals surface area contributed by atoms with E-state index in [2.05, 4.69) is 30.5 Å². The normalized spacial score (nSPS) is 11.8. The second kappa shape index (κ2) is 6.63. The highest BCUT2D eigenvalue weighted by atomic mass is 32.1. The van der Waals surface area contributed by atoms with E-state index in [0.29, 0.717) is 0 Å². The largest absolute Gasteiger partial charge is 0.497 e. The van der Waals surface area contributed by atoms with Gasteiger partial charge in [-0.25, -0.2) is 4.79 Å². The van der Waals surface area contributed by atoms with Crippen LogP contribution in [0.25, 0.3) is 0 Å². The van der Waals surface area contributed by atoms with Crippen LogP contribution >= 0.6 is 11.3 Å². The highest BCUT2D eigenvalue weighted by molar-refractivity contribution is 7.12. The Bertz CT molecular complexity index is 620. The topological polar surface area (TPSA) is 50.4 Å². The summed E-state index contributed by atoms with van der Waals surface area (Å²) in [5.41, 5.74) is 1.90. The molecule has 21 heavy (non-hydrogen) atoms. The van der Waals surface area contributed by atoms with Crippen LogP contribution in [0.1, 0.15) is 28.3 Å². The third kappa shape index (κ3) is 3.98. The van der Waals surface area contributed by atoms with Crippen LogP contribution in [0.3, 0.4) is 0 Å². The number of urea groups is 1. The number of hydrogen-bond donors (Lipinski definition) is 2. The molecule has 2 amide bonds. The van der Waals surface area contributed by atoms with E-state index in [9.17, 15) is 4.79 Å². The molecule has 0 aliphatic carbocycles. The lowest BCUT2D eigenvalue weighted by Crippen LogP contribution is -2.31. The number of aryl methyl sites for hydroxylation is 2. The summed E-state index contributed by atoms with van der Waals surface area (Å²) in [7, 11) is 1.61. The fraction of sp³-hybridized carbons (Fsp3) is 0.312. The molecule has 0 aliphatic rings. The zero-order valence-electron chi connectivity index (χ0n) is 12.7. The lowest BCUT2D eigenvalue weighted by atomic mass is 10.1. The van der Waals surface area contributed by atoms with Crippen LogP contribution in [0.15, 0.2) is 30.3 Å². The van der Waals surface area contributed by atoms with Gasteiger partial charge in [0.15, 0.2) is 0 Å². The van der Waals surface area contributed by atoms with Gasteiger partial charge < -0.3 is 15.4 Å². The van der Waals surface area contributed by atoms with Gasteiger partial charge in [0.1, 0.15) is 5.75 Å². The van der Waals surface area contributed by atoms with Gasteiger partial charge in [0.05, 0.1) is 13.2 Å². The van der Waals surface area contributed by atoms with E-state index in [1.807, 2.05) is 31.2 Å². The van der Waals surface area contributed by atoms with Crippen molar-refractivity contribution in [3.8, 4) is 5.75 Å². The van der Waals surface area contributed by atoms with E-state index in [1.165, 1.54) is 15.3 Å². The molecule has 112 valence electrons. The average Bonchev–Trinajstić information content (AvgIpc) is 2.78. The number of methoxy groups -OCH3 is 1. The molecule has 1 atom stereocenters. The molecule has 1 aromatic carbocycles. The molecule has 2 N–H and O–H groups in total. The van der Waals surface area contributed by atoms with Crippen molar-refractivity contribution < 1.29 is 9.53 Å². The molecular weight excluding hydrogens is 284 g/mol. The van der Waals surface area contributed by atoms with E-state index in [4.69, 9.17) is 4.74 Å². The van der Waals surface area contributed by atoms with Crippen molar-refractivity contribution in [1.82, 2.24) is 5.32 Å². The second-order valence-electron chi connectivity index (χ2n) is 4.92. The number of ether oxygens (including phenoxy) is 1. The molecular formula is C16H20N2O2S. The van der Waals surface area contributed by atoms with Crippen LogP contribution in [0.5, 0.6) is 5.75 Å². The Morgan fingerprint density at radius 2 is 1.90 bits per heavy atom. The maximum Gasteiger partial charge on any atom is 0.319 e. The Hall–Kier alpha value is -2.01. The zero-order valence-corrected chi connectivity index (χ0v) is 13.5. The number of anilines is 1. The first-order valence-corrected chi connectivity index (χ1v) is 7.59. The fourth-order valence-electron chi connectivity index (χ4n) is 2.20. The van der Waals surface area contributed by atoms with Gasteiger partial charge in [0, 0.05) is 15.4 Å². The number of nitrogens with one attached hydrogen (secondary N) is 2. The molecule has 1 unspecified atom stereocenters. The van der Waals surface area contributed by atoms with Gasteiger partial charge in [-0.05, 0) is 56.7 Å². The molecule has 0 radical (unpaired) electrons. The Kier molecular flexibility index (Phi) is 4.85. The smallest absolute Gasteiger partial charge is 0.319 e. The maximum absolute atomic E-state index is 12.0. The van der Waals surface area contributed by atoms with Gasteiger partial charge in [-0.2, -0.15) is 0 Å². The van der Waals surface area contributed by atoms with Crippen LogP contribution in [0, 0.1) is 13.8 Å². The van der Waals surface area contributed by atoms with Crippen LogP contribution in [0.2, 0.25) is 0 Å². The molecule has 5 heteroatoms. The summed E-state index contributed by atoms with van der Waals surface area (Å²) < 4.78 is 5.08. The van der Waals surface area contributed by atoms with Crippen molar-refractivity contribution in [2.75, 3.05) is 12.4 Å². The molecule has 0 bridgehead atoms. The Morgan fingerprint density at radius 3 is 2.43 bits per heavy atom. The number of rotatable bonds is 4. The first-order valence-electron chi connectivity index (χ1n) is 6.78. The second-order valence-corrected chi connectivity index (χ2v) is 6.38. The lowest BCUT2D eigenvalue weighted by Gasteiger charge is -2.15. The summed E-state index contributed by atoms with van der Waals surface area (Å²) in [5, 5.41) is 5.77. The Morgan fingerprint density at radius 1 is 1.24 bits per heavy atom. The van der Waals surface area contributed by atoms with Gasteiger partial charge in [-0.15, -0.1) is 11.3 Å². The zero-order chi connectivity index (χ0) is 15.4. The molecule has 0 saturated carbocycles. The van der Waals surface area contributed by atoms with E-state index in [-0.39, 0.29) is 12.1 Å². The van der Waals surface area contributed by atoms with Gasteiger partial charge in [-0.1, -0.05) is 0 Å². The number of amides is 2. The summed E-state index contributed by atoms with van der Waals surface area (Å²) in [6.45, 7) is 6.14. The van der Waals surface area contributed by atoms with Crippen molar-refractivity contribution >= 4 is 23.1 Å². The predicted octanol–water partition coefficient (Wildman–Crippen LogP) is 4.26. The van der Waals surface area contributed by atoms with Crippen molar-refractivity contribution in [2.24, 2.45) is 0 Å². The molecule has 1 heterocycles. The van der Waals surface area contributed by atoms with Gasteiger partial charge >= 0.3 is 6.03 Å². The average molecular weight is 304 g/mol. The number of thiophene rings is 1. The summed E-state index contributed by atoms with van der Waals surface area (Å²) in [5.74, 6) is 0.763. The van der Waals surface area contributed by atoms with Crippen molar-refractivity contribution in [3.63, 3.8) is 0 Å². The van der Waals surface area contributed by atoms with Crippen LogP contribution in [-0.4, -0.2) is 13.1 Å². The van der Waals surface area contributed by atoms with Crippen LogP contribution in [0.4, 0.5) is 10.5 Å².